The van der Waals surface area contributed by atoms with Gasteiger partial charge in [0.25, 0.3) is 5.91 Å². The van der Waals surface area contributed by atoms with E-state index in [1.165, 1.54) is 24.4 Å². The summed E-state index contributed by atoms with van der Waals surface area (Å²) in [6, 6.07) is 0. The summed E-state index contributed by atoms with van der Waals surface area (Å²) in [5.74, 6) is 0.621. The maximum absolute atomic E-state index is 12.0. The monoisotopic (exact) mass is 273 g/mol. The fourth-order valence-corrected chi connectivity index (χ4v) is 2.92. The van der Waals surface area contributed by atoms with Crippen LogP contribution in [0.2, 0.25) is 0 Å². The molecule has 1 aliphatic rings. The van der Waals surface area contributed by atoms with Crippen LogP contribution >= 0.6 is 23.1 Å². The lowest BCUT2D eigenvalue weighted by atomic mass is 10.0. The number of aryl methyl sites for hydroxylation is 1. The molecule has 1 heterocycles. The minimum absolute atomic E-state index is 0.0438. The van der Waals surface area contributed by atoms with E-state index in [2.05, 4.69) is 14.9 Å². The highest BCUT2D eigenvalue weighted by Crippen LogP contribution is 2.48. The molecule has 4 nitrogen and oxygen atoms in total. The highest BCUT2D eigenvalue weighted by Gasteiger charge is 2.41. The van der Waals surface area contributed by atoms with Gasteiger partial charge in [0.15, 0.2) is 0 Å². The van der Waals surface area contributed by atoms with Gasteiger partial charge in [0, 0.05) is 12.4 Å². The van der Waals surface area contributed by atoms with Crippen molar-refractivity contribution in [3.63, 3.8) is 0 Å². The summed E-state index contributed by atoms with van der Waals surface area (Å²) in [6.45, 7) is 2.70. The largest absolute Gasteiger partial charge is 0.351 e. The van der Waals surface area contributed by atoms with Gasteiger partial charge in [0.2, 0.25) is 0 Å². The number of amides is 1. The van der Waals surface area contributed by atoms with Crippen LogP contribution < -0.4 is 5.32 Å². The van der Waals surface area contributed by atoms with Crippen molar-refractivity contribution < 1.29 is 4.79 Å². The molecule has 17 heavy (non-hydrogen) atoms. The predicted molar refractivity (Wildman–Crippen MR) is 68.6 cm³/mol. The van der Waals surface area contributed by atoms with E-state index in [9.17, 15) is 4.79 Å². The lowest BCUT2D eigenvalue weighted by Crippen LogP contribution is -2.30. The third kappa shape index (κ3) is 2.96. The summed E-state index contributed by atoms with van der Waals surface area (Å²) in [5, 5.41) is 6.92. The van der Waals surface area contributed by atoms with Crippen LogP contribution in [-0.2, 0) is 6.42 Å². The van der Waals surface area contributed by atoms with Gasteiger partial charge < -0.3 is 5.32 Å². The van der Waals surface area contributed by atoms with Crippen molar-refractivity contribution in [2.75, 3.05) is 12.4 Å². The Morgan fingerprint density at radius 3 is 2.94 bits per heavy atom. The van der Waals surface area contributed by atoms with Crippen LogP contribution in [0.5, 0.6) is 0 Å². The average molecular weight is 274 g/mol. The minimum atomic E-state index is -0.0438. The smallest absolute Gasteiger partial charge is 0.264 e. The maximum Gasteiger partial charge on any atom is 0.264 e. The van der Waals surface area contributed by atoms with Gasteiger partial charge in [-0.3, -0.25) is 4.79 Å². The third-order valence-corrected chi connectivity index (χ3v) is 4.26. The highest BCUT2D eigenvalue weighted by molar-refractivity contribution is 7.08. The van der Waals surface area contributed by atoms with E-state index in [0.717, 1.165) is 25.1 Å². The lowest BCUT2D eigenvalue weighted by molar-refractivity contribution is 0.0947. The van der Waals surface area contributed by atoms with Crippen molar-refractivity contribution in [1.29, 1.82) is 0 Å². The molecule has 0 radical (unpaired) electrons. The Morgan fingerprint density at radius 1 is 1.59 bits per heavy atom. The number of hydrogen-bond acceptors (Lipinski definition) is 4. The zero-order valence-corrected chi connectivity index (χ0v) is 11.4. The second-order valence-corrected chi connectivity index (χ2v) is 5.66. The number of nitrogens with one attached hydrogen (secondary N) is 1. The third-order valence-electron chi connectivity index (χ3n) is 3.30. The Hall–Kier alpha value is -0.680. The van der Waals surface area contributed by atoms with Gasteiger partial charge in [-0.05, 0) is 42.6 Å². The standard InChI is InChI=1S/C11H16ClN3OS/c1-2-8-9(17-15-14-8)10(16)13-7-11(3-4-11)5-6-12/h2-7H2,1H3,(H,13,16). The Labute approximate surface area is 110 Å². The molecular weight excluding hydrogens is 258 g/mol. The van der Waals surface area contributed by atoms with Crippen molar-refractivity contribution in [3.8, 4) is 0 Å². The molecule has 0 aliphatic heterocycles. The van der Waals surface area contributed by atoms with E-state index < -0.39 is 0 Å². The molecular formula is C11H16ClN3OS. The van der Waals surface area contributed by atoms with E-state index in [-0.39, 0.29) is 11.3 Å². The molecule has 0 saturated heterocycles. The molecule has 1 N–H and O–H groups in total. The van der Waals surface area contributed by atoms with Crippen LogP contribution in [0.25, 0.3) is 0 Å². The molecule has 1 aromatic heterocycles. The Morgan fingerprint density at radius 2 is 2.35 bits per heavy atom. The zero-order chi connectivity index (χ0) is 12.3. The summed E-state index contributed by atoms with van der Waals surface area (Å²) >= 11 is 6.93. The first kappa shape index (κ1) is 12.8. The molecule has 94 valence electrons. The summed E-state index contributed by atoms with van der Waals surface area (Å²) in [5.41, 5.74) is 1.05. The number of carbonyl (C=O) groups excluding carboxylic acids is 1. The molecule has 1 fully saturated rings. The molecule has 0 unspecified atom stereocenters. The molecule has 2 rings (SSSR count). The molecule has 1 amide bonds. The SMILES string of the molecule is CCc1nnsc1C(=O)NCC1(CCCl)CC1. The fourth-order valence-electron chi connectivity index (χ4n) is 1.85. The fraction of sp³-hybridized carbons (Fsp3) is 0.727. The van der Waals surface area contributed by atoms with Crippen molar-refractivity contribution in [1.82, 2.24) is 14.9 Å². The lowest BCUT2D eigenvalue weighted by Gasteiger charge is -2.13. The predicted octanol–water partition coefficient (Wildman–Crippen LogP) is 2.24. The van der Waals surface area contributed by atoms with Crippen molar-refractivity contribution in [2.45, 2.75) is 32.6 Å². The summed E-state index contributed by atoms with van der Waals surface area (Å²) in [4.78, 5) is 12.6. The summed E-state index contributed by atoms with van der Waals surface area (Å²) in [7, 11) is 0. The van der Waals surface area contributed by atoms with Crippen molar-refractivity contribution in [3.05, 3.63) is 10.6 Å². The van der Waals surface area contributed by atoms with E-state index in [4.69, 9.17) is 11.6 Å². The number of halogens is 1. The number of nitrogens with zero attached hydrogens (tertiary/aromatic N) is 2. The minimum Gasteiger partial charge on any atom is -0.351 e. The highest BCUT2D eigenvalue weighted by atomic mass is 35.5. The Kier molecular flexibility index (Phi) is 3.99. The van der Waals surface area contributed by atoms with Crippen LogP contribution in [0, 0.1) is 5.41 Å². The number of hydrogen-bond donors (Lipinski definition) is 1. The first-order chi connectivity index (χ1) is 8.21. The molecule has 0 bridgehead atoms. The summed E-state index contributed by atoms with van der Waals surface area (Å²) in [6.07, 6.45) is 4.06. The first-order valence-electron chi connectivity index (χ1n) is 5.86. The van der Waals surface area contributed by atoms with Crippen molar-refractivity contribution in [2.24, 2.45) is 5.41 Å². The van der Waals surface area contributed by atoms with E-state index in [0.29, 0.717) is 10.8 Å². The Balaban J connectivity index is 1.90. The number of rotatable bonds is 6. The second kappa shape index (κ2) is 5.31. The summed E-state index contributed by atoms with van der Waals surface area (Å²) < 4.78 is 3.82. The normalized spacial score (nSPS) is 16.8. The average Bonchev–Trinajstić information content (AvgIpc) is 2.93. The van der Waals surface area contributed by atoms with Crippen LogP contribution in [-0.4, -0.2) is 27.9 Å². The van der Waals surface area contributed by atoms with E-state index >= 15 is 0 Å². The molecule has 1 aliphatic carbocycles. The van der Waals surface area contributed by atoms with Gasteiger partial charge in [0.05, 0.1) is 5.69 Å². The van der Waals surface area contributed by atoms with Crippen LogP contribution in [0.4, 0.5) is 0 Å². The van der Waals surface area contributed by atoms with Gasteiger partial charge in [0.1, 0.15) is 4.88 Å². The molecule has 0 atom stereocenters. The van der Waals surface area contributed by atoms with Crippen molar-refractivity contribution >= 4 is 29.0 Å². The zero-order valence-electron chi connectivity index (χ0n) is 9.83. The van der Waals surface area contributed by atoms with Gasteiger partial charge in [-0.25, -0.2) is 0 Å². The topological polar surface area (TPSA) is 54.9 Å². The molecule has 0 spiro atoms. The van der Waals surface area contributed by atoms with Gasteiger partial charge in [-0.15, -0.1) is 16.7 Å². The van der Waals surface area contributed by atoms with Crippen LogP contribution in [0.3, 0.4) is 0 Å². The van der Waals surface area contributed by atoms with Gasteiger partial charge >= 0.3 is 0 Å². The first-order valence-corrected chi connectivity index (χ1v) is 7.17. The second-order valence-electron chi connectivity index (χ2n) is 4.52. The molecule has 6 heteroatoms. The molecule has 1 aromatic rings. The van der Waals surface area contributed by atoms with E-state index in [1.54, 1.807) is 0 Å². The van der Waals surface area contributed by atoms with Gasteiger partial charge in [-0.2, -0.15) is 0 Å². The maximum atomic E-state index is 12.0. The quantitative estimate of drug-likeness (QED) is 0.809. The van der Waals surface area contributed by atoms with Crippen LogP contribution in [0.1, 0.15) is 41.6 Å². The Bertz CT molecular complexity index is 403. The van der Waals surface area contributed by atoms with E-state index in [1.807, 2.05) is 6.92 Å². The van der Waals surface area contributed by atoms with Crippen LogP contribution in [0.15, 0.2) is 0 Å². The number of carbonyl (C=O) groups is 1. The number of alkyl halides is 1. The van der Waals surface area contributed by atoms with Gasteiger partial charge in [-0.1, -0.05) is 11.4 Å². The molecule has 1 saturated carbocycles. The molecule has 0 aromatic carbocycles. The number of aromatic nitrogens is 2.